The summed E-state index contributed by atoms with van der Waals surface area (Å²) in [6.45, 7) is 0.228. The summed E-state index contributed by atoms with van der Waals surface area (Å²) in [4.78, 5) is 34.6. The molecular formula is C13H18BrN3O4. The van der Waals surface area contributed by atoms with Crippen molar-refractivity contribution >= 4 is 21.6 Å². The normalized spacial score (nSPS) is 17.6. The minimum absolute atomic E-state index is 0.177. The largest absolute Gasteiger partial charge is 0.350 e. The topological polar surface area (TPSA) is 87.1 Å². The molecule has 0 radical (unpaired) electrons. The van der Waals surface area contributed by atoms with Crippen molar-refractivity contribution in [1.82, 2.24) is 9.13 Å². The first-order valence-corrected chi connectivity index (χ1v) is 8.03. The monoisotopic (exact) mass is 359 g/mol. The lowest BCUT2D eigenvalue weighted by Crippen LogP contribution is -2.45. The first kappa shape index (κ1) is 15.9. The van der Waals surface area contributed by atoms with Crippen LogP contribution in [0.25, 0.3) is 0 Å². The Morgan fingerprint density at radius 3 is 2.48 bits per heavy atom. The maximum Gasteiger partial charge on any atom is 0.350 e. The second kappa shape index (κ2) is 6.13. The van der Waals surface area contributed by atoms with Crippen LogP contribution in [0.2, 0.25) is 0 Å². The summed E-state index contributed by atoms with van der Waals surface area (Å²) in [6, 6.07) is 0. The average Bonchev–Trinajstić information content (AvgIpc) is 2.48. The van der Waals surface area contributed by atoms with Crippen LogP contribution >= 0.6 is 15.9 Å². The highest BCUT2D eigenvalue weighted by Crippen LogP contribution is 2.38. The zero-order chi connectivity index (χ0) is 15.6. The number of halogens is 1. The van der Waals surface area contributed by atoms with Crippen molar-refractivity contribution < 1.29 is 4.92 Å². The maximum absolute atomic E-state index is 12.2. The highest BCUT2D eigenvalue weighted by atomic mass is 79.9. The summed E-state index contributed by atoms with van der Waals surface area (Å²) < 4.78 is 2.12. The van der Waals surface area contributed by atoms with E-state index >= 15 is 0 Å². The van der Waals surface area contributed by atoms with Gasteiger partial charge in [-0.2, -0.15) is 0 Å². The fourth-order valence-electron chi connectivity index (χ4n) is 2.95. The molecule has 0 aromatic carbocycles. The van der Waals surface area contributed by atoms with Gasteiger partial charge in [0.2, 0.25) is 0 Å². The van der Waals surface area contributed by atoms with Gasteiger partial charge in [0.25, 0.3) is 0 Å². The van der Waals surface area contributed by atoms with Gasteiger partial charge in [-0.3, -0.25) is 24.0 Å². The Kier molecular flexibility index (Phi) is 4.65. The van der Waals surface area contributed by atoms with Crippen LogP contribution in [0.4, 0.5) is 5.69 Å². The summed E-state index contributed by atoms with van der Waals surface area (Å²) in [5, 5.41) is 11.6. The van der Waals surface area contributed by atoms with Crippen LogP contribution in [0.15, 0.2) is 15.8 Å². The maximum atomic E-state index is 12.2. The zero-order valence-electron chi connectivity index (χ0n) is 11.9. The van der Waals surface area contributed by atoms with E-state index in [1.165, 1.54) is 7.05 Å². The molecule has 1 saturated carbocycles. The van der Waals surface area contributed by atoms with E-state index in [1.54, 1.807) is 0 Å². The van der Waals surface area contributed by atoms with Crippen LogP contribution in [0.5, 0.6) is 0 Å². The molecule has 0 N–H and O–H groups in total. The summed E-state index contributed by atoms with van der Waals surface area (Å²) in [5.41, 5.74) is -2.05. The predicted molar refractivity (Wildman–Crippen MR) is 81.9 cm³/mol. The molecule has 1 aliphatic carbocycles. The van der Waals surface area contributed by atoms with Gasteiger partial charge < -0.3 is 0 Å². The molecule has 0 spiro atoms. The highest BCUT2D eigenvalue weighted by Gasteiger charge is 2.33. The number of nitrogens with zero attached hydrogens (tertiary/aromatic N) is 3. The lowest BCUT2D eigenvalue weighted by atomic mass is 9.75. The number of alkyl halides is 1. The zero-order valence-corrected chi connectivity index (χ0v) is 13.5. The quantitative estimate of drug-likeness (QED) is 0.465. The number of nitro groups is 1. The molecule has 0 saturated heterocycles. The van der Waals surface area contributed by atoms with Crippen LogP contribution < -0.4 is 11.2 Å². The fourth-order valence-corrected chi connectivity index (χ4v) is 3.68. The number of aryl methyl sites for hydroxylation is 1. The SMILES string of the molecule is Cn1cc([N+](=O)[O-])c(=O)n(CC2(CBr)CCCCC2)c1=O. The molecule has 116 valence electrons. The molecule has 0 aliphatic heterocycles. The molecule has 21 heavy (non-hydrogen) atoms. The van der Waals surface area contributed by atoms with Gasteiger partial charge in [0.05, 0.1) is 11.1 Å². The molecule has 0 amide bonds. The summed E-state index contributed by atoms with van der Waals surface area (Å²) in [5.74, 6) is 0. The molecule has 1 fully saturated rings. The summed E-state index contributed by atoms with van der Waals surface area (Å²) in [7, 11) is 1.42. The molecule has 2 rings (SSSR count). The van der Waals surface area contributed by atoms with Crippen molar-refractivity contribution in [2.45, 2.75) is 38.6 Å². The van der Waals surface area contributed by atoms with Crippen LogP contribution in [0, 0.1) is 15.5 Å². The first-order valence-electron chi connectivity index (χ1n) is 6.91. The second-order valence-corrected chi connectivity index (χ2v) is 6.31. The van der Waals surface area contributed by atoms with Gasteiger partial charge in [0.15, 0.2) is 0 Å². The summed E-state index contributed by atoms with van der Waals surface area (Å²) >= 11 is 3.48. The van der Waals surface area contributed by atoms with Gasteiger partial charge in [0.1, 0.15) is 0 Å². The number of hydrogen-bond donors (Lipinski definition) is 0. The Morgan fingerprint density at radius 2 is 1.95 bits per heavy atom. The van der Waals surface area contributed by atoms with E-state index in [0.29, 0.717) is 5.33 Å². The van der Waals surface area contributed by atoms with Crippen molar-refractivity contribution in [3.05, 3.63) is 37.1 Å². The lowest BCUT2D eigenvalue weighted by molar-refractivity contribution is -0.387. The van der Waals surface area contributed by atoms with E-state index < -0.39 is 21.9 Å². The van der Waals surface area contributed by atoms with E-state index in [2.05, 4.69) is 15.9 Å². The minimum atomic E-state index is -0.811. The first-order chi connectivity index (χ1) is 9.90. The van der Waals surface area contributed by atoms with Crippen molar-refractivity contribution in [3.63, 3.8) is 0 Å². The Morgan fingerprint density at radius 1 is 1.33 bits per heavy atom. The highest BCUT2D eigenvalue weighted by molar-refractivity contribution is 9.09. The van der Waals surface area contributed by atoms with Crippen molar-refractivity contribution in [3.8, 4) is 0 Å². The van der Waals surface area contributed by atoms with Gasteiger partial charge in [-0.25, -0.2) is 4.79 Å². The molecule has 7 nitrogen and oxygen atoms in total. The average molecular weight is 360 g/mol. The Labute approximate surface area is 129 Å². The lowest BCUT2D eigenvalue weighted by Gasteiger charge is -2.35. The standard InChI is InChI=1S/C13H18BrN3O4/c1-15-7-10(17(20)21)11(18)16(12(15)19)9-13(8-14)5-3-2-4-6-13/h7H,2-6,8-9H2,1H3. The smallest absolute Gasteiger partial charge is 0.297 e. The van der Waals surface area contributed by atoms with Crippen molar-refractivity contribution in [2.75, 3.05) is 5.33 Å². The number of aromatic nitrogens is 2. The van der Waals surface area contributed by atoms with Gasteiger partial charge in [-0.1, -0.05) is 35.2 Å². The van der Waals surface area contributed by atoms with Gasteiger partial charge >= 0.3 is 16.9 Å². The molecule has 0 atom stereocenters. The molecule has 1 aromatic heterocycles. The summed E-state index contributed by atoms with van der Waals surface area (Å²) in [6.07, 6.45) is 6.07. The van der Waals surface area contributed by atoms with Crippen molar-refractivity contribution in [1.29, 1.82) is 0 Å². The van der Waals surface area contributed by atoms with Gasteiger partial charge in [-0.05, 0) is 18.3 Å². The van der Waals surface area contributed by atoms with E-state index in [9.17, 15) is 19.7 Å². The Balaban J connectivity index is 2.50. The van der Waals surface area contributed by atoms with Crippen LogP contribution in [-0.4, -0.2) is 19.4 Å². The molecular weight excluding hydrogens is 342 g/mol. The van der Waals surface area contributed by atoms with E-state index in [-0.39, 0.29) is 12.0 Å². The Bertz CT molecular complexity index is 658. The molecule has 0 unspecified atom stereocenters. The molecule has 8 heteroatoms. The molecule has 1 aromatic rings. The third kappa shape index (κ3) is 3.09. The second-order valence-electron chi connectivity index (χ2n) is 5.75. The van der Waals surface area contributed by atoms with Crippen LogP contribution in [-0.2, 0) is 13.6 Å². The Hall–Kier alpha value is -1.44. The molecule has 0 bridgehead atoms. The van der Waals surface area contributed by atoms with Crippen LogP contribution in [0.3, 0.4) is 0 Å². The van der Waals surface area contributed by atoms with E-state index in [0.717, 1.165) is 47.4 Å². The molecule has 1 heterocycles. The van der Waals surface area contributed by atoms with E-state index in [1.807, 2.05) is 0 Å². The molecule has 1 aliphatic rings. The third-order valence-electron chi connectivity index (χ3n) is 4.20. The predicted octanol–water partition coefficient (Wildman–Crippen LogP) is 1.80. The van der Waals surface area contributed by atoms with E-state index in [4.69, 9.17) is 0 Å². The van der Waals surface area contributed by atoms with Crippen molar-refractivity contribution in [2.24, 2.45) is 12.5 Å². The van der Waals surface area contributed by atoms with Gasteiger partial charge in [0, 0.05) is 18.9 Å². The fraction of sp³-hybridized carbons (Fsp3) is 0.692. The number of rotatable bonds is 4. The third-order valence-corrected chi connectivity index (χ3v) is 5.39. The minimum Gasteiger partial charge on any atom is -0.297 e. The number of hydrogen-bond acceptors (Lipinski definition) is 4. The van der Waals surface area contributed by atoms with Crippen LogP contribution in [0.1, 0.15) is 32.1 Å². The van der Waals surface area contributed by atoms with Gasteiger partial charge in [-0.15, -0.1) is 0 Å².